The van der Waals surface area contributed by atoms with Crippen molar-refractivity contribution in [3.63, 3.8) is 0 Å². The van der Waals surface area contributed by atoms with Crippen LogP contribution in [0, 0.1) is 0 Å². The van der Waals surface area contributed by atoms with Crippen LogP contribution in [0.25, 0.3) is 11.5 Å². The van der Waals surface area contributed by atoms with E-state index in [1.807, 2.05) is 18.2 Å². The highest BCUT2D eigenvalue weighted by Gasteiger charge is 2.12. The van der Waals surface area contributed by atoms with Gasteiger partial charge >= 0.3 is 0 Å². The molecule has 1 heterocycles. The lowest BCUT2D eigenvalue weighted by atomic mass is 10.1. The van der Waals surface area contributed by atoms with E-state index >= 15 is 0 Å². The van der Waals surface area contributed by atoms with Gasteiger partial charge in [-0.15, -0.1) is 0 Å². The van der Waals surface area contributed by atoms with Crippen LogP contribution in [0.5, 0.6) is 0 Å². The zero-order chi connectivity index (χ0) is 14.0. The molecule has 0 saturated carbocycles. The Balaban J connectivity index is 2.14. The lowest BCUT2D eigenvalue weighted by molar-refractivity contribution is 0.421. The fraction of sp³-hybridized carbons (Fsp3) is 0.357. The quantitative estimate of drug-likeness (QED) is 0.882. The third-order valence-electron chi connectivity index (χ3n) is 2.52. The zero-order valence-corrected chi connectivity index (χ0v) is 13.5. The van der Waals surface area contributed by atoms with Gasteiger partial charge in [0, 0.05) is 22.1 Å². The number of nitrogens with one attached hydrogen (secondary N) is 1. The van der Waals surface area contributed by atoms with Gasteiger partial charge in [-0.05, 0) is 54.9 Å². The van der Waals surface area contributed by atoms with Gasteiger partial charge in [-0.25, -0.2) is 4.98 Å². The van der Waals surface area contributed by atoms with Crippen LogP contribution in [0.3, 0.4) is 0 Å². The Morgan fingerprint density at radius 1 is 1.37 bits per heavy atom. The van der Waals surface area contributed by atoms with Crippen LogP contribution >= 0.6 is 27.5 Å². The van der Waals surface area contributed by atoms with Gasteiger partial charge in [-0.3, -0.25) is 0 Å². The molecule has 1 aromatic carbocycles. The van der Waals surface area contributed by atoms with Gasteiger partial charge in [0.05, 0.1) is 10.7 Å². The predicted octanol–water partition coefficient (Wildman–Crippen LogP) is 4.65. The monoisotopic (exact) mass is 342 g/mol. The number of aromatic nitrogens is 1. The van der Waals surface area contributed by atoms with E-state index < -0.39 is 0 Å². The van der Waals surface area contributed by atoms with E-state index in [4.69, 9.17) is 16.0 Å². The molecule has 0 amide bonds. The first-order valence-electron chi connectivity index (χ1n) is 6.00. The molecule has 2 rings (SSSR count). The summed E-state index contributed by atoms with van der Waals surface area (Å²) < 4.78 is 6.33. The van der Waals surface area contributed by atoms with E-state index in [-0.39, 0.29) is 5.54 Å². The van der Waals surface area contributed by atoms with E-state index in [0.29, 0.717) is 17.5 Å². The molecular weight excluding hydrogens is 328 g/mol. The van der Waals surface area contributed by atoms with Crippen LogP contribution in [0.2, 0.25) is 5.02 Å². The summed E-state index contributed by atoms with van der Waals surface area (Å²) in [4.78, 5) is 4.46. The van der Waals surface area contributed by atoms with Crippen molar-refractivity contribution in [3.05, 3.63) is 39.7 Å². The molecule has 0 spiro atoms. The Labute approximate surface area is 126 Å². The maximum absolute atomic E-state index is 5.97. The van der Waals surface area contributed by atoms with Crippen LogP contribution in [0.1, 0.15) is 26.5 Å². The number of oxazole rings is 1. The maximum atomic E-state index is 5.97. The number of hydrogen-bond donors (Lipinski definition) is 1. The summed E-state index contributed by atoms with van der Waals surface area (Å²) in [5.41, 5.74) is 1.84. The fourth-order valence-electron chi connectivity index (χ4n) is 1.51. The molecule has 3 nitrogen and oxygen atoms in total. The van der Waals surface area contributed by atoms with E-state index in [0.717, 1.165) is 15.7 Å². The second kappa shape index (κ2) is 5.65. The molecule has 5 heteroatoms. The zero-order valence-electron chi connectivity index (χ0n) is 11.1. The molecule has 19 heavy (non-hydrogen) atoms. The first kappa shape index (κ1) is 14.6. The molecule has 0 aliphatic heterocycles. The molecule has 102 valence electrons. The van der Waals surface area contributed by atoms with Crippen LogP contribution in [-0.2, 0) is 6.54 Å². The molecule has 0 saturated heterocycles. The Morgan fingerprint density at radius 3 is 2.74 bits per heavy atom. The molecule has 0 aliphatic carbocycles. The molecule has 0 unspecified atom stereocenters. The normalized spacial score (nSPS) is 11.8. The van der Waals surface area contributed by atoms with E-state index in [1.54, 1.807) is 6.26 Å². The van der Waals surface area contributed by atoms with Crippen molar-refractivity contribution in [2.75, 3.05) is 0 Å². The molecule has 1 N–H and O–H groups in total. The van der Waals surface area contributed by atoms with Crippen LogP contribution in [0.15, 0.2) is 33.4 Å². The third-order valence-corrected chi connectivity index (χ3v) is 3.73. The lowest BCUT2D eigenvalue weighted by Gasteiger charge is -2.19. The number of halogens is 2. The largest absolute Gasteiger partial charge is 0.444 e. The summed E-state index contributed by atoms with van der Waals surface area (Å²) in [5.74, 6) is 0.600. The molecule has 0 fully saturated rings. The van der Waals surface area contributed by atoms with Gasteiger partial charge in [0.25, 0.3) is 0 Å². The standard InChI is InChI=1S/C14H16BrClN2O/c1-14(2,3)17-7-10-8-19-13(18-10)9-4-5-12(16)11(15)6-9/h4-6,8,17H,7H2,1-3H3. The van der Waals surface area contributed by atoms with E-state index in [9.17, 15) is 0 Å². The van der Waals surface area contributed by atoms with Crippen molar-refractivity contribution in [1.29, 1.82) is 0 Å². The van der Waals surface area contributed by atoms with E-state index in [1.165, 1.54) is 0 Å². The highest BCUT2D eigenvalue weighted by molar-refractivity contribution is 9.10. The summed E-state index contributed by atoms with van der Waals surface area (Å²) in [6.07, 6.45) is 1.68. The maximum Gasteiger partial charge on any atom is 0.226 e. The summed E-state index contributed by atoms with van der Waals surface area (Å²) in [6.45, 7) is 7.03. The van der Waals surface area contributed by atoms with Crippen molar-refractivity contribution in [2.45, 2.75) is 32.9 Å². The lowest BCUT2D eigenvalue weighted by Crippen LogP contribution is -2.35. The summed E-state index contributed by atoms with van der Waals surface area (Å²) in [5, 5.41) is 4.04. The molecular formula is C14H16BrClN2O. The van der Waals surface area contributed by atoms with Crippen molar-refractivity contribution in [2.24, 2.45) is 0 Å². The Morgan fingerprint density at radius 2 is 2.11 bits per heavy atom. The Bertz CT molecular complexity index is 575. The Kier molecular flexibility index (Phi) is 4.33. The fourth-order valence-corrected chi connectivity index (χ4v) is 2.00. The minimum Gasteiger partial charge on any atom is -0.444 e. The topological polar surface area (TPSA) is 38.1 Å². The molecule has 2 aromatic rings. The van der Waals surface area contributed by atoms with Crippen LogP contribution in [-0.4, -0.2) is 10.5 Å². The first-order chi connectivity index (χ1) is 8.85. The minimum atomic E-state index is 0.0580. The van der Waals surface area contributed by atoms with Crippen molar-refractivity contribution < 1.29 is 4.42 Å². The first-order valence-corrected chi connectivity index (χ1v) is 7.17. The van der Waals surface area contributed by atoms with E-state index in [2.05, 4.69) is 47.0 Å². The third kappa shape index (κ3) is 4.06. The smallest absolute Gasteiger partial charge is 0.226 e. The summed E-state index contributed by atoms with van der Waals surface area (Å²) >= 11 is 9.36. The highest BCUT2D eigenvalue weighted by Crippen LogP contribution is 2.28. The molecule has 0 atom stereocenters. The Hall–Kier alpha value is -0.840. The van der Waals surface area contributed by atoms with Gasteiger partial charge in [-0.2, -0.15) is 0 Å². The van der Waals surface area contributed by atoms with Crippen LogP contribution < -0.4 is 5.32 Å². The second-order valence-corrected chi connectivity index (χ2v) is 6.64. The number of hydrogen-bond acceptors (Lipinski definition) is 3. The number of benzene rings is 1. The summed E-state index contributed by atoms with van der Waals surface area (Å²) in [7, 11) is 0. The highest BCUT2D eigenvalue weighted by atomic mass is 79.9. The number of rotatable bonds is 3. The van der Waals surface area contributed by atoms with Crippen LogP contribution in [0.4, 0.5) is 0 Å². The average molecular weight is 344 g/mol. The van der Waals surface area contributed by atoms with Crippen molar-refractivity contribution in [3.8, 4) is 11.5 Å². The van der Waals surface area contributed by atoms with Gasteiger partial charge < -0.3 is 9.73 Å². The second-order valence-electron chi connectivity index (χ2n) is 5.38. The van der Waals surface area contributed by atoms with Gasteiger partial charge in [0.15, 0.2) is 0 Å². The number of nitrogens with zero attached hydrogens (tertiary/aromatic N) is 1. The minimum absolute atomic E-state index is 0.0580. The SMILES string of the molecule is CC(C)(C)NCc1coc(-c2ccc(Cl)c(Br)c2)n1. The summed E-state index contributed by atoms with van der Waals surface area (Å²) in [6, 6.07) is 5.60. The van der Waals surface area contributed by atoms with Gasteiger partial charge in [-0.1, -0.05) is 11.6 Å². The average Bonchev–Trinajstić information content (AvgIpc) is 2.78. The van der Waals surface area contributed by atoms with Gasteiger partial charge in [0.2, 0.25) is 5.89 Å². The molecule has 1 aromatic heterocycles. The molecule has 0 aliphatic rings. The van der Waals surface area contributed by atoms with Crippen molar-refractivity contribution >= 4 is 27.5 Å². The van der Waals surface area contributed by atoms with Gasteiger partial charge in [0.1, 0.15) is 6.26 Å². The van der Waals surface area contributed by atoms with Crippen molar-refractivity contribution in [1.82, 2.24) is 10.3 Å². The molecule has 0 radical (unpaired) electrons. The predicted molar refractivity (Wildman–Crippen MR) is 81.2 cm³/mol. The molecule has 0 bridgehead atoms.